The molecular formula is C38H45BrClN3O7. The van der Waals surface area contributed by atoms with Gasteiger partial charge in [0.1, 0.15) is 17.7 Å². The van der Waals surface area contributed by atoms with Gasteiger partial charge in [0, 0.05) is 48.7 Å². The molecule has 0 radical (unpaired) electrons. The number of rotatable bonds is 16. The number of likely N-dealkylation sites (tertiary alicyclic amines) is 1. The third-order valence-corrected chi connectivity index (χ3v) is 11.3. The molecular weight excluding hydrogens is 726 g/mol. The van der Waals surface area contributed by atoms with Crippen LogP contribution in [0.25, 0.3) is 0 Å². The highest BCUT2D eigenvalue weighted by atomic mass is 79.9. The van der Waals surface area contributed by atoms with Crippen molar-refractivity contribution in [2.45, 2.75) is 73.7 Å². The number of benzene rings is 2. The fourth-order valence-electron chi connectivity index (χ4n) is 7.66. The van der Waals surface area contributed by atoms with Gasteiger partial charge in [-0.05, 0) is 62.4 Å². The van der Waals surface area contributed by atoms with Gasteiger partial charge in [-0.15, -0.1) is 13.2 Å². The summed E-state index contributed by atoms with van der Waals surface area (Å²) in [5.41, 5.74) is -0.0369. The summed E-state index contributed by atoms with van der Waals surface area (Å²) in [7, 11) is 1.68. The average molecular weight is 771 g/mol. The SMILES string of the molecule is C=CCCC(=O)N(C)[C@@H](C)[C@@H](OC(=O)[C@H]1[C@@H]2O[C@@]3(CC2Br)[C@@H]1C(=O)N(CCCCO)[C@@H]3C(=O)N(CC=C)c1ccc(Cl)cc1)c1ccccc1. The summed E-state index contributed by atoms with van der Waals surface area (Å²) in [6, 6.07) is 14.5. The smallest absolute Gasteiger partial charge is 0.313 e. The lowest BCUT2D eigenvalue weighted by atomic mass is 9.70. The number of carbonyl (C=O) groups excluding carboxylic acids is 4. The molecule has 3 saturated heterocycles. The van der Waals surface area contributed by atoms with Gasteiger partial charge in [0.15, 0.2) is 0 Å². The molecule has 5 rings (SSSR count). The van der Waals surface area contributed by atoms with Crippen molar-refractivity contribution in [1.82, 2.24) is 9.80 Å². The minimum absolute atomic E-state index is 0.0663. The van der Waals surface area contributed by atoms with Crippen molar-refractivity contribution in [2.24, 2.45) is 11.8 Å². The number of allylic oxidation sites excluding steroid dienone is 1. The van der Waals surface area contributed by atoms with E-state index in [9.17, 15) is 24.3 Å². The maximum absolute atomic E-state index is 14.7. The molecule has 2 aromatic rings. The summed E-state index contributed by atoms with van der Waals surface area (Å²) in [6.45, 7) is 9.68. The summed E-state index contributed by atoms with van der Waals surface area (Å²) in [6.07, 6.45) is 3.72. The van der Waals surface area contributed by atoms with E-state index in [1.54, 1.807) is 53.3 Å². The molecule has 50 heavy (non-hydrogen) atoms. The van der Waals surface area contributed by atoms with Crippen molar-refractivity contribution in [3.63, 3.8) is 0 Å². The number of alkyl halides is 1. The molecule has 10 nitrogen and oxygen atoms in total. The first-order valence-corrected chi connectivity index (χ1v) is 18.3. The lowest BCUT2D eigenvalue weighted by Crippen LogP contribution is -2.57. The Morgan fingerprint density at radius 3 is 2.48 bits per heavy atom. The van der Waals surface area contributed by atoms with E-state index < -0.39 is 47.7 Å². The predicted molar refractivity (Wildman–Crippen MR) is 195 cm³/mol. The van der Waals surface area contributed by atoms with Crippen LogP contribution in [-0.2, 0) is 28.7 Å². The van der Waals surface area contributed by atoms with Gasteiger partial charge in [-0.1, -0.05) is 70.0 Å². The minimum atomic E-state index is -1.31. The zero-order chi connectivity index (χ0) is 36.2. The van der Waals surface area contributed by atoms with Crippen LogP contribution >= 0.6 is 27.5 Å². The number of fused-ring (bicyclic) bond motifs is 1. The molecule has 3 aliphatic heterocycles. The highest BCUT2D eigenvalue weighted by molar-refractivity contribution is 9.09. The van der Waals surface area contributed by atoms with Crippen LogP contribution in [0.2, 0.25) is 5.02 Å². The van der Waals surface area contributed by atoms with E-state index >= 15 is 0 Å². The molecule has 3 heterocycles. The molecule has 8 atom stereocenters. The number of nitrogens with zero attached hydrogens (tertiary/aromatic N) is 3. The van der Waals surface area contributed by atoms with Crippen LogP contribution in [0.15, 0.2) is 79.9 Å². The summed E-state index contributed by atoms with van der Waals surface area (Å²) >= 11 is 9.89. The topological polar surface area (TPSA) is 117 Å². The first kappa shape index (κ1) is 37.7. The molecule has 1 N–H and O–H groups in total. The number of esters is 1. The number of hydrogen-bond acceptors (Lipinski definition) is 7. The molecule has 3 amide bonds. The van der Waals surface area contributed by atoms with Gasteiger partial charge in [-0.3, -0.25) is 19.2 Å². The third kappa shape index (κ3) is 7.15. The summed E-state index contributed by atoms with van der Waals surface area (Å²) < 4.78 is 13.0. The molecule has 3 aliphatic rings. The molecule has 1 unspecified atom stereocenters. The monoisotopic (exact) mass is 769 g/mol. The molecule has 2 bridgehead atoms. The van der Waals surface area contributed by atoms with Crippen LogP contribution in [0.3, 0.4) is 0 Å². The van der Waals surface area contributed by atoms with Gasteiger partial charge in [-0.25, -0.2) is 0 Å². The zero-order valence-electron chi connectivity index (χ0n) is 28.5. The Labute approximate surface area is 307 Å². The Morgan fingerprint density at radius 2 is 1.84 bits per heavy atom. The largest absolute Gasteiger partial charge is 0.455 e. The molecule has 2 aromatic carbocycles. The van der Waals surface area contributed by atoms with E-state index in [0.717, 1.165) is 0 Å². The molecule has 268 valence electrons. The Kier molecular flexibility index (Phi) is 12.2. The lowest BCUT2D eigenvalue weighted by molar-refractivity contribution is -0.164. The molecule has 0 aliphatic carbocycles. The van der Waals surface area contributed by atoms with E-state index in [2.05, 4.69) is 29.1 Å². The van der Waals surface area contributed by atoms with E-state index in [0.29, 0.717) is 42.0 Å². The summed E-state index contributed by atoms with van der Waals surface area (Å²) in [4.78, 5) is 61.1. The average Bonchev–Trinajstić information content (AvgIpc) is 3.71. The van der Waals surface area contributed by atoms with E-state index in [-0.39, 0.29) is 48.7 Å². The van der Waals surface area contributed by atoms with Crippen LogP contribution in [0.4, 0.5) is 5.69 Å². The Bertz CT molecular complexity index is 1580. The standard InChI is InChI=1S/C38H45BrClN3O7/c1-5-7-15-29(45)41(4)24(3)32(25-13-9-8-10-14-25)49-37(48)30-31-35(46)43(21-11-12-22-44)34(38(31)23-28(39)33(30)50-38)36(47)42(20-6-2)27-18-16-26(40)17-19-27/h5-6,8-10,13-14,16-19,24,28,30-34,44H,1-2,7,11-12,15,20-23H2,3-4H3/t24-,28?,30+,31-,32+,33+,34+,38-/m0/s1. The van der Waals surface area contributed by atoms with Crippen molar-refractivity contribution >= 4 is 56.9 Å². The predicted octanol–water partition coefficient (Wildman–Crippen LogP) is 5.48. The van der Waals surface area contributed by atoms with Crippen molar-refractivity contribution < 1.29 is 33.8 Å². The lowest BCUT2D eigenvalue weighted by Gasteiger charge is -2.37. The number of unbranched alkanes of at least 4 members (excludes halogenated alkanes) is 1. The first-order chi connectivity index (χ1) is 24.0. The number of amides is 3. The molecule has 0 aromatic heterocycles. The van der Waals surface area contributed by atoms with Crippen LogP contribution in [0, 0.1) is 11.8 Å². The second kappa shape index (κ2) is 16.2. The van der Waals surface area contributed by atoms with Crippen LogP contribution in [-0.4, -0.2) is 94.0 Å². The summed E-state index contributed by atoms with van der Waals surface area (Å²) in [5.74, 6) is -3.46. The maximum atomic E-state index is 14.7. The van der Waals surface area contributed by atoms with Crippen LogP contribution in [0.5, 0.6) is 0 Å². The molecule has 0 saturated carbocycles. The fraction of sp³-hybridized carbons (Fsp3) is 0.474. The number of halogens is 2. The second-order valence-electron chi connectivity index (χ2n) is 13.2. The van der Waals surface area contributed by atoms with Crippen molar-refractivity contribution in [1.29, 1.82) is 0 Å². The number of hydrogen-bond donors (Lipinski definition) is 1. The van der Waals surface area contributed by atoms with Crippen molar-refractivity contribution in [3.05, 3.63) is 90.5 Å². The van der Waals surface area contributed by atoms with Gasteiger partial charge in [0.05, 0.1) is 24.0 Å². The Balaban J connectivity index is 1.51. The van der Waals surface area contributed by atoms with Gasteiger partial charge >= 0.3 is 5.97 Å². The highest BCUT2D eigenvalue weighted by Crippen LogP contribution is 2.60. The van der Waals surface area contributed by atoms with E-state index in [1.807, 2.05) is 37.3 Å². The number of anilines is 1. The van der Waals surface area contributed by atoms with E-state index in [1.165, 1.54) is 4.90 Å². The third-order valence-electron chi connectivity index (χ3n) is 10.2. The molecule has 3 fully saturated rings. The van der Waals surface area contributed by atoms with Crippen LogP contribution in [0.1, 0.15) is 50.7 Å². The number of ether oxygens (including phenoxy) is 2. The van der Waals surface area contributed by atoms with Crippen molar-refractivity contribution in [3.8, 4) is 0 Å². The second-order valence-corrected chi connectivity index (χ2v) is 14.8. The zero-order valence-corrected chi connectivity index (χ0v) is 30.8. The highest BCUT2D eigenvalue weighted by Gasteiger charge is 2.77. The maximum Gasteiger partial charge on any atom is 0.313 e. The number of carbonyl (C=O) groups is 4. The van der Waals surface area contributed by atoms with Crippen LogP contribution < -0.4 is 4.90 Å². The molecule has 12 heteroatoms. The first-order valence-electron chi connectivity index (χ1n) is 17.0. The van der Waals surface area contributed by atoms with Gasteiger partial charge in [0.25, 0.3) is 5.91 Å². The van der Waals surface area contributed by atoms with Gasteiger partial charge in [0.2, 0.25) is 11.8 Å². The number of aliphatic hydroxyl groups is 1. The minimum Gasteiger partial charge on any atom is -0.455 e. The van der Waals surface area contributed by atoms with Gasteiger partial charge in [-0.2, -0.15) is 0 Å². The van der Waals surface area contributed by atoms with Crippen molar-refractivity contribution in [2.75, 3.05) is 31.6 Å². The van der Waals surface area contributed by atoms with E-state index in [4.69, 9.17) is 21.1 Å². The fourth-order valence-corrected chi connectivity index (χ4v) is 8.73. The molecule has 1 spiro atoms. The quantitative estimate of drug-likeness (QED) is 0.104. The van der Waals surface area contributed by atoms with Gasteiger partial charge < -0.3 is 29.3 Å². The Hall–Kier alpha value is -3.51. The normalized spacial score (nSPS) is 26.2. The Morgan fingerprint density at radius 1 is 1.14 bits per heavy atom. The number of aliphatic hydroxyl groups excluding tert-OH is 1. The summed E-state index contributed by atoms with van der Waals surface area (Å²) in [5, 5.41) is 10.1. The number of likely N-dealkylation sites (N-methyl/N-ethyl adjacent to an activating group) is 1.